The summed E-state index contributed by atoms with van der Waals surface area (Å²) in [5.74, 6) is 0. The summed E-state index contributed by atoms with van der Waals surface area (Å²) in [6.45, 7) is 1.44. The molecule has 0 aromatic rings. The third-order valence-corrected chi connectivity index (χ3v) is 0.921. The quantitative estimate of drug-likeness (QED) is 0.435. The summed E-state index contributed by atoms with van der Waals surface area (Å²) in [6.07, 6.45) is -6.18. The first-order valence-electron chi connectivity index (χ1n) is 2.78. The molecular formula is C6H8F4. The highest BCUT2D eigenvalue weighted by Crippen LogP contribution is 2.13. The van der Waals surface area contributed by atoms with Gasteiger partial charge in [0.25, 0.3) is 6.43 Å². The first kappa shape index (κ1) is 9.46. The Hall–Kier alpha value is -0.540. The Balaban J connectivity index is 3.81. The van der Waals surface area contributed by atoms with E-state index in [-0.39, 0.29) is 0 Å². The van der Waals surface area contributed by atoms with Crippen LogP contribution >= 0.6 is 0 Å². The van der Waals surface area contributed by atoms with Crippen molar-refractivity contribution in [1.82, 2.24) is 0 Å². The Kier molecular flexibility index (Phi) is 4.07. The molecule has 2 atom stereocenters. The first-order chi connectivity index (χ1) is 4.59. The molecule has 0 heterocycles. The number of alkyl halides is 4. The normalized spacial score (nSPS) is 18.2. The van der Waals surface area contributed by atoms with Crippen molar-refractivity contribution in [2.45, 2.75) is 25.7 Å². The number of rotatable bonds is 3. The number of allylic oxidation sites excluding steroid dienone is 2. The van der Waals surface area contributed by atoms with Crippen molar-refractivity contribution >= 4 is 0 Å². The summed E-state index contributed by atoms with van der Waals surface area (Å²) in [4.78, 5) is 0. The Morgan fingerprint density at radius 3 is 1.90 bits per heavy atom. The maximum Gasteiger partial charge on any atom is 0.272 e. The molecule has 0 spiro atoms. The Bertz CT molecular complexity index is 110. The molecule has 0 bridgehead atoms. The van der Waals surface area contributed by atoms with E-state index >= 15 is 0 Å². The zero-order valence-corrected chi connectivity index (χ0v) is 5.40. The van der Waals surface area contributed by atoms with E-state index in [1.54, 1.807) is 0 Å². The molecular weight excluding hydrogens is 148 g/mol. The molecule has 0 aromatic carbocycles. The summed E-state index contributed by atoms with van der Waals surface area (Å²) >= 11 is 0. The van der Waals surface area contributed by atoms with Crippen LogP contribution in [0.4, 0.5) is 17.6 Å². The fourth-order valence-corrected chi connectivity index (χ4v) is 0.429. The molecule has 0 saturated heterocycles. The van der Waals surface area contributed by atoms with Crippen LogP contribution < -0.4 is 0 Å². The van der Waals surface area contributed by atoms with E-state index in [0.29, 0.717) is 0 Å². The van der Waals surface area contributed by atoms with Crippen LogP contribution in [-0.4, -0.2) is 18.8 Å². The molecule has 0 N–H and O–H groups in total. The fraction of sp³-hybridized carbons (Fsp3) is 0.667. The summed E-state index contributed by atoms with van der Waals surface area (Å²) in [6, 6.07) is 0. The minimum absolute atomic E-state index is 0.761. The highest BCUT2D eigenvalue weighted by atomic mass is 19.3. The molecule has 0 nitrogen and oxygen atoms in total. The van der Waals surface area contributed by atoms with Gasteiger partial charge in [-0.05, 0) is 6.92 Å². The lowest BCUT2D eigenvalue weighted by molar-refractivity contribution is 0.0171. The Labute approximate surface area is 56.5 Å². The SMILES string of the molecule is CC=CC(F)C(F)C(F)F. The van der Waals surface area contributed by atoms with E-state index in [1.165, 1.54) is 13.0 Å². The molecule has 0 radical (unpaired) electrons. The second kappa shape index (κ2) is 4.30. The molecule has 60 valence electrons. The summed E-state index contributed by atoms with van der Waals surface area (Å²) in [7, 11) is 0. The van der Waals surface area contributed by atoms with Gasteiger partial charge in [0, 0.05) is 0 Å². The smallest absolute Gasteiger partial charge is 0.239 e. The van der Waals surface area contributed by atoms with Crippen LogP contribution in [0, 0.1) is 0 Å². The van der Waals surface area contributed by atoms with Crippen LogP contribution in [0.15, 0.2) is 12.2 Å². The largest absolute Gasteiger partial charge is 0.272 e. The van der Waals surface area contributed by atoms with Crippen molar-refractivity contribution in [1.29, 1.82) is 0 Å². The monoisotopic (exact) mass is 156 g/mol. The predicted molar refractivity (Wildman–Crippen MR) is 30.6 cm³/mol. The maximum atomic E-state index is 12.1. The second-order valence-electron chi connectivity index (χ2n) is 1.75. The lowest BCUT2D eigenvalue weighted by Gasteiger charge is -2.07. The number of halogens is 4. The molecule has 10 heavy (non-hydrogen) atoms. The van der Waals surface area contributed by atoms with E-state index in [2.05, 4.69) is 0 Å². The predicted octanol–water partition coefficient (Wildman–Crippen LogP) is 2.50. The van der Waals surface area contributed by atoms with Crippen LogP contribution in [0.25, 0.3) is 0 Å². The zero-order valence-electron chi connectivity index (χ0n) is 5.40. The van der Waals surface area contributed by atoms with Gasteiger partial charge >= 0.3 is 0 Å². The molecule has 2 unspecified atom stereocenters. The van der Waals surface area contributed by atoms with Crippen molar-refractivity contribution in [3.63, 3.8) is 0 Å². The van der Waals surface area contributed by atoms with Crippen molar-refractivity contribution in [2.24, 2.45) is 0 Å². The molecule has 0 rings (SSSR count). The Morgan fingerprint density at radius 2 is 1.60 bits per heavy atom. The van der Waals surface area contributed by atoms with Gasteiger partial charge in [-0.15, -0.1) is 0 Å². The van der Waals surface area contributed by atoms with Crippen molar-refractivity contribution < 1.29 is 17.6 Å². The average Bonchev–Trinajstić information content (AvgIpc) is 1.87. The van der Waals surface area contributed by atoms with Crippen molar-refractivity contribution in [2.75, 3.05) is 0 Å². The van der Waals surface area contributed by atoms with Gasteiger partial charge in [0.15, 0.2) is 12.3 Å². The summed E-state index contributed by atoms with van der Waals surface area (Å²) in [5, 5.41) is 0. The van der Waals surface area contributed by atoms with E-state index < -0.39 is 18.8 Å². The third kappa shape index (κ3) is 2.85. The molecule has 0 amide bonds. The minimum atomic E-state index is -3.24. The lowest BCUT2D eigenvalue weighted by Crippen LogP contribution is -2.22. The highest BCUT2D eigenvalue weighted by Gasteiger charge is 2.27. The van der Waals surface area contributed by atoms with Crippen LogP contribution in [0.3, 0.4) is 0 Å². The molecule has 0 aliphatic heterocycles. The summed E-state index contributed by atoms with van der Waals surface area (Å²) in [5.41, 5.74) is 0. The van der Waals surface area contributed by atoms with Crippen LogP contribution in [0.5, 0.6) is 0 Å². The molecule has 0 aliphatic carbocycles. The van der Waals surface area contributed by atoms with Crippen LogP contribution in [-0.2, 0) is 0 Å². The molecule has 0 aliphatic rings. The standard InChI is InChI=1S/C6H8F4/c1-2-3-4(7)5(8)6(9)10/h2-6H,1H3. The van der Waals surface area contributed by atoms with Gasteiger partial charge in [0.2, 0.25) is 0 Å². The van der Waals surface area contributed by atoms with Gasteiger partial charge in [-0.2, -0.15) is 0 Å². The maximum absolute atomic E-state index is 12.1. The number of hydrogen-bond acceptors (Lipinski definition) is 0. The van der Waals surface area contributed by atoms with Crippen LogP contribution in [0.2, 0.25) is 0 Å². The average molecular weight is 156 g/mol. The van der Waals surface area contributed by atoms with Gasteiger partial charge in [-0.3, -0.25) is 0 Å². The van der Waals surface area contributed by atoms with Gasteiger partial charge in [-0.1, -0.05) is 12.2 Å². The third-order valence-electron chi connectivity index (χ3n) is 0.921. The molecule has 4 heteroatoms. The van der Waals surface area contributed by atoms with Gasteiger partial charge < -0.3 is 0 Å². The van der Waals surface area contributed by atoms with Crippen LogP contribution in [0.1, 0.15) is 6.92 Å². The molecule has 0 aromatic heterocycles. The molecule has 0 saturated carbocycles. The van der Waals surface area contributed by atoms with Gasteiger partial charge in [-0.25, -0.2) is 17.6 Å². The fourth-order valence-electron chi connectivity index (χ4n) is 0.429. The van der Waals surface area contributed by atoms with E-state index in [1.807, 2.05) is 0 Å². The number of hydrogen-bond donors (Lipinski definition) is 0. The topological polar surface area (TPSA) is 0 Å². The first-order valence-corrected chi connectivity index (χ1v) is 2.78. The highest BCUT2D eigenvalue weighted by molar-refractivity contribution is 4.91. The Morgan fingerprint density at radius 1 is 1.10 bits per heavy atom. The second-order valence-corrected chi connectivity index (χ2v) is 1.75. The van der Waals surface area contributed by atoms with E-state index in [9.17, 15) is 17.6 Å². The van der Waals surface area contributed by atoms with Crippen molar-refractivity contribution in [3.8, 4) is 0 Å². The van der Waals surface area contributed by atoms with E-state index in [0.717, 1.165) is 6.08 Å². The minimum Gasteiger partial charge on any atom is -0.239 e. The van der Waals surface area contributed by atoms with E-state index in [4.69, 9.17) is 0 Å². The lowest BCUT2D eigenvalue weighted by atomic mass is 10.2. The molecule has 0 fully saturated rings. The van der Waals surface area contributed by atoms with Gasteiger partial charge in [0.05, 0.1) is 0 Å². The van der Waals surface area contributed by atoms with Crippen molar-refractivity contribution in [3.05, 3.63) is 12.2 Å². The zero-order chi connectivity index (χ0) is 8.15. The summed E-state index contributed by atoms with van der Waals surface area (Å²) < 4.78 is 46.7. The van der Waals surface area contributed by atoms with Gasteiger partial charge in [0.1, 0.15) is 0 Å².